The summed E-state index contributed by atoms with van der Waals surface area (Å²) >= 11 is 0. The van der Waals surface area contributed by atoms with Crippen molar-refractivity contribution in [1.29, 1.82) is 0 Å². The third-order valence-electron chi connectivity index (χ3n) is 2.51. The van der Waals surface area contributed by atoms with E-state index in [2.05, 4.69) is 0 Å². The topological polar surface area (TPSA) is 77.8 Å². The molecule has 1 aromatic carbocycles. The van der Waals surface area contributed by atoms with Crippen LogP contribution in [-0.2, 0) is 4.79 Å². The molecule has 2 N–H and O–H groups in total. The summed E-state index contributed by atoms with van der Waals surface area (Å²) in [6.07, 6.45) is 0. The second kappa shape index (κ2) is 5.34. The zero-order chi connectivity index (χ0) is 13.0. The van der Waals surface area contributed by atoms with Crippen LogP contribution in [0.1, 0.15) is 17.3 Å². The second-order valence-electron chi connectivity index (χ2n) is 3.94. The van der Waals surface area contributed by atoms with Crippen molar-refractivity contribution in [1.82, 2.24) is 0 Å². The van der Waals surface area contributed by atoms with Crippen LogP contribution in [0.2, 0.25) is 0 Å². The molecule has 0 aliphatic carbocycles. The molecule has 1 unspecified atom stereocenters. The molecule has 0 saturated heterocycles. The van der Waals surface area contributed by atoms with Gasteiger partial charge in [-0.3, -0.25) is 4.79 Å². The Morgan fingerprint density at radius 3 is 2.41 bits per heavy atom. The molecule has 0 aliphatic heterocycles. The summed E-state index contributed by atoms with van der Waals surface area (Å²) in [6.45, 7) is 1.85. The van der Waals surface area contributed by atoms with Crippen molar-refractivity contribution in [3.8, 4) is 0 Å². The summed E-state index contributed by atoms with van der Waals surface area (Å²) in [5, 5.41) is 17.8. The van der Waals surface area contributed by atoms with Crippen LogP contribution in [0.25, 0.3) is 0 Å². The molecular weight excluding hydrogens is 222 g/mol. The van der Waals surface area contributed by atoms with E-state index in [1.807, 2.05) is 0 Å². The Labute approximate surface area is 99.3 Å². The molecule has 5 heteroatoms. The molecule has 0 bridgehead atoms. The number of aliphatic carboxylic acids is 1. The van der Waals surface area contributed by atoms with Gasteiger partial charge in [0.1, 0.15) is 0 Å². The van der Waals surface area contributed by atoms with Gasteiger partial charge in [-0.25, -0.2) is 4.79 Å². The van der Waals surface area contributed by atoms with Crippen molar-refractivity contribution < 1.29 is 19.8 Å². The molecule has 0 aliphatic rings. The predicted molar refractivity (Wildman–Crippen MR) is 63.5 cm³/mol. The van der Waals surface area contributed by atoms with E-state index in [-0.39, 0.29) is 12.1 Å². The highest BCUT2D eigenvalue weighted by Gasteiger charge is 2.17. The minimum absolute atomic E-state index is 0.174. The van der Waals surface area contributed by atoms with Gasteiger partial charge >= 0.3 is 11.9 Å². The van der Waals surface area contributed by atoms with Crippen LogP contribution in [0.15, 0.2) is 24.3 Å². The number of nitrogens with zero attached hydrogens (tertiary/aromatic N) is 1. The minimum atomic E-state index is -1.02. The standard InChI is InChI=1S/C12H15NO4/c1-8(11(14)15)7-13(2)10-6-4-3-5-9(10)12(16)17/h3-6,8H,7H2,1-2H3,(H,14,15)(H,16,17). The Morgan fingerprint density at radius 1 is 1.29 bits per heavy atom. The van der Waals surface area contributed by atoms with Gasteiger partial charge in [-0.15, -0.1) is 0 Å². The summed E-state index contributed by atoms with van der Waals surface area (Å²) in [5.74, 6) is -2.47. The van der Waals surface area contributed by atoms with Crippen LogP contribution in [0.4, 0.5) is 5.69 Å². The predicted octanol–water partition coefficient (Wildman–Crippen LogP) is 1.54. The Kier molecular flexibility index (Phi) is 4.09. The molecular formula is C12H15NO4. The molecule has 0 heterocycles. The zero-order valence-corrected chi connectivity index (χ0v) is 9.75. The number of aromatic carboxylic acids is 1. The van der Waals surface area contributed by atoms with Crippen LogP contribution in [0.5, 0.6) is 0 Å². The van der Waals surface area contributed by atoms with Crippen molar-refractivity contribution in [2.45, 2.75) is 6.92 Å². The maximum absolute atomic E-state index is 11.0. The molecule has 1 atom stereocenters. The summed E-state index contributed by atoms with van der Waals surface area (Å²) in [4.78, 5) is 23.4. The SMILES string of the molecule is CC(CN(C)c1ccccc1C(=O)O)C(=O)O. The fraction of sp³-hybridized carbons (Fsp3) is 0.333. The number of hydrogen-bond donors (Lipinski definition) is 2. The first-order chi connectivity index (χ1) is 7.93. The molecule has 17 heavy (non-hydrogen) atoms. The first kappa shape index (κ1) is 13.0. The Bertz CT molecular complexity index is 430. The summed E-state index contributed by atoms with van der Waals surface area (Å²) in [6, 6.07) is 6.53. The van der Waals surface area contributed by atoms with Crippen molar-refractivity contribution >= 4 is 17.6 Å². The molecule has 0 spiro atoms. The van der Waals surface area contributed by atoms with Crippen molar-refractivity contribution in [2.75, 3.05) is 18.5 Å². The normalized spacial score (nSPS) is 11.9. The van der Waals surface area contributed by atoms with Crippen LogP contribution < -0.4 is 4.90 Å². The summed E-state index contributed by atoms with van der Waals surface area (Å²) < 4.78 is 0. The summed E-state index contributed by atoms with van der Waals surface area (Å²) in [7, 11) is 1.68. The smallest absolute Gasteiger partial charge is 0.337 e. The van der Waals surface area contributed by atoms with Gasteiger partial charge in [-0.2, -0.15) is 0 Å². The quantitative estimate of drug-likeness (QED) is 0.812. The number of carboxylic acids is 2. The highest BCUT2D eigenvalue weighted by atomic mass is 16.4. The van der Waals surface area contributed by atoms with E-state index in [0.717, 1.165) is 0 Å². The number of carbonyl (C=O) groups is 2. The van der Waals surface area contributed by atoms with E-state index in [9.17, 15) is 9.59 Å². The van der Waals surface area contributed by atoms with Crippen LogP contribution >= 0.6 is 0 Å². The molecule has 0 aromatic heterocycles. The van der Waals surface area contributed by atoms with E-state index >= 15 is 0 Å². The zero-order valence-electron chi connectivity index (χ0n) is 9.75. The van der Waals surface area contributed by atoms with Gasteiger partial charge in [0.15, 0.2) is 0 Å². The Hall–Kier alpha value is -2.04. The second-order valence-corrected chi connectivity index (χ2v) is 3.94. The number of carboxylic acid groups (broad SMARTS) is 2. The Morgan fingerprint density at radius 2 is 1.88 bits per heavy atom. The highest BCUT2D eigenvalue weighted by Crippen LogP contribution is 2.20. The first-order valence-electron chi connectivity index (χ1n) is 5.19. The molecule has 0 amide bonds. The van der Waals surface area contributed by atoms with E-state index in [4.69, 9.17) is 10.2 Å². The fourth-order valence-electron chi connectivity index (χ4n) is 1.57. The largest absolute Gasteiger partial charge is 0.481 e. The van der Waals surface area contributed by atoms with Gasteiger partial charge in [0.05, 0.1) is 17.2 Å². The van der Waals surface area contributed by atoms with Crippen molar-refractivity contribution in [3.05, 3.63) is 29.8 Å². The average Bonchev–Trinajstić information content (AvgIpc) is 2.28. The van der Waals surface area contributed by atoms with Gasteiger partial charge in [0.25, 0.3) is 0 Å². The monoisotopic (exact) mass is 237 g/mol. The molecule has 5 nitrogen and oxygen atoms in total. The van der Waals surface area contributed by atoms with Gasteiger partial charge in [0, 0.05) is 13.6 Å². The third kappa shape index (κ3) is 3.21. The highest BCUT2D eigenvalue weighted by molar-refractivity contribution is 5.94. The lowest BCUT2D eigenvalue weighted by atomic mass is 10.1. The first-order valence-corrected chi connectivity index (χ1v) is 5.19. The molecule has 0 fully saturated rings. The van der Waals surface area contributed by atoms with Gasteiger partial charge < -0.3 is 15.1 Å². The number of hydrogen-bond acceptors (Lipinski definition) is 3. The summed E-state index contributed by atoms with van der Waals surface area (Å²) in [5.41, 5.74) is 0.695. The maximum atomic E-state index is 11.0. The lowest BCUT2D eigenvalue weighted by Gasteiger charge is -2.22. The van der Waals surface area contributed by atoms with Crippen LogP contribution in [0.3, 0.4) is 0 Å². The number of anilines is 1. The number of rotatable bonds is 5. The lowest BCUT2D eigenvalue weighted by molar-refractivity contribution is -0.140. The molecule has 1 rings (SSSR count). The molecule has 1 aromatic rings. The minimum Gasteiger partial charge on any atom is -0.481 e. The van der Waals surface area contributed by atoms with Gasteiger partial charge in [-0.05, 0) is 12.1 Å². The number of para-hydroxylation sites is 1. The molecule has 0 radical (unpaired) electrons. The van der Waals surface area contributed by atoms with E-state index in [1.165, 1.54) is 6.07 Å². The average molecular weight is 237 g/mol. The van der Waals surface area contributed by atoms with Gasteiger partial charge in [-0.1, -0.05) is 19.1 Å². The fourth-order valence-corrected chi connectivity index (χ4v) is 1.57. The van der Waals surface area contributed by atoms with Crippen molar-refractivity contribution in [2.24, 2.45) is 5.92 Å². The van der Waals surface area contributed by atoms with Crippen LogP contribution in [-0.4, -0.2) is 35.7 Å². The van der Waals surface area contributed by atoms with E-state index < -0.39 is 17.9 Å². The van der Waals surface area contributed by atoms with Gasteiger partial charge in [0.2, 0.25) is 0 Å². The van der Waals surface area contributed by atoms with E-state index in [0.29, 0.717) is 5.69 Å². The molecule has 0 saturated carbocycles. The lowest BCUT2D eigenvalue weighted by Crippen LogP contribution is -2.29. The molecule has 92 valence electrons. The Balaban J connectivity index is 2.92. The van der Waals surface area contributed by atoms with Crippen LogP contribution in [0, 0.1) is 5.92 Å². The third-order valence-corrected chi connectivity index (χ3v) is 2.51. The number of benzene rings is 1. The van der Waals surface area contributed by atoms with Crippen molar-refractivity contribution in [3.63, 3.8) is 0 Å². The van der Waals surface area contributed by atoms with E-state index in [1.54, 1.807) is 37.1 Å². The maximum Gasteiger partial charge on any atom is 0.337 e.